The lowest BCUT2D eigenvalue weighted by Gasteiger charge is -2.36. The smallest absolute Gasteiger partial charge is 0.0734 e. The van der Waals surface area contributed by atoms with Crippen LogP contribution >= 0.6 is 7.92 Å². The molecule has 4 rings (SSSR count). The van der Waals surface area contributed by atoms with Gasteiger partial charge in [0.05, 0.1) is 10.9 Å². The van der Waals surface area contributed by atoms with E-state index in [0.717, 1.165) is 11.8 Å². The van der Waals surface area contributed by atoms with Crippen LogP contribution in [0.2, 0.25) is 0 Å². The summed E-state index contributed by atoms with van der Waals surface area (Å²) in [5.41, 5.74) is 4.33. The molecule has 0 amide bonds. The van der Waals surface area contributed by atoms with Gasteiger partial charge in [-0.3, -0.25) is 9.97 Å². The summed E-state index contributed by atoms with van der Waals surface area (Å²) in [5, 5.41) is 1.73. The van der Waals surface area contributed by atoms with E-state index in [-0.39, 0.29) is 0 Å². The first kappa shape index (κ1) is 21.7. The van der Waals surface area contributed by atoms with Crippen LogP contribution in [0.25, 0.3) is 0 Å². The Labute approximate surface area is 184 Å². The van der Waals surface area contributed by atoms with Gasteiger partial charge in [-0.25, -0.2) is 0 Å². The summed E-state index contributed by atoms with van der Waals surface area (Å²) >= 11 is 0. The van der Waals surface area contributed by atoms with Gasteiger partial charge in [-0.1, -0.05) is 69.6 Å². The zero-order chi connectivity index (χ0) is 20.6. The Morgan fingerprint density at radius 1 is 0.767 bits per heavy atom. The predicted molar refractivity (Wildman–Crippen MR) is 130 cm³/mol. The standard InChI is InChI=1S/C27H37N2P/c1-2-13-24(27(22-14-5-3-6-15-22)23-16-7-4-8-17-23)30(25-18-9-11-20-28-25)26-19-10-12-21-29-26/h9-12,18-23H,2-8,13-17H2,1H3. The molecule has 2 heterocycles. The molecule has 2 nitrogen and oxygen atoms in total. The Balaban J connectivity index is 1.87. The predicted octanol–water partition coefficient (Wildman–Crippen LogP) is 7.12. The first-order valence-corrected chi connectivity index (χ1v) is 13.6. The number of pyridine rings is 2. The van der Waals surface area contributed by atoms with Crippen LogP contribution in [0.15, 0.2) is 59.7 Å². The van der Waals surface area contributed by atoms with Crippen molar-refractivity contribution in [3.63, 3.8) is 0 Å². The topological polar surface area (TPSA) is 25.8 Å². The van der Waals surface area contributed by atoms with Crippen molar-refractivity contribution in [2.75, 3.05) is 0 Å². The van der Waals surface area contributed by atoms with E-state index in [1.54, 1.807) is 5.31 Å². The highest BCUT2D eigenvalue weighted by Gasteiger charge is 2.32. The number of rotatable bonds is 7. The maximum absolute atomic E-state index is 4.89. The van der Waals surface area contributed by atoms with Crippen LogP contribution in [0.3, 0.4) is 0 Å². The van der Waals surface area contributed by atoms with Gasteiger partial charge in [-0.05, 0) is 73.5 Å². The quantitative estimate of drug-likeness (QED) is 0.446. The van der Waals surface area contributed by atoms with Crippen molar-refractivity contribution in [3.8, 4) is 0 Å². The van der Waals surface area contributed by atoms with Crippen molar-refractivity contribution in [2.45, 2.75) is 84.0 Å². The first-order valence-electron chi connectivity index (χ1n) is 12.2. The molecule has 0 N–H and O–H groups in total. The second-order valence-corrected chi connectivity index (χ2v) is 11.2. The van der Waals surface area contributed by atoms with E-state index in [9.17, 15) is 0 Å². The van der Waals surface area contributed by atoms with Crippen molar-refractivity contribution < 1.29 is 0 Å². The molecule has 0 saturated heterocycles. The molecule has 0 atom stereocenters. The third-order valence-corrected chi connectivity index (χ3v) is 9.40. The lowest BCUT2D eigenvalue weighted by molar-refractivity contribution is 0.324. The zero-order valence-corrected chi connectivity index (χ0v) is 19.5. The summed E-state index contributed by atoms with van der Waals surface area (Å²) in [6, 6.07) is 12.9. The minimum absolute atomic E-state index is 0.652. The molecule has 2 aliphatic carbocycles. The molecule has 0 aliphatic heterocycles. The Morgan fingerprint density at radius 2 is 1.27 bits per heavy atom. The first-order chi connectivity index (χ1) is 14.9. The van der Waals surface area contributed by atoms with E-state index in [4.69, 9.17) is 9.97 Å². The highest BCUT2D eigenvalue weighted by molar-refractivity contribution is 7.76. The maximum Gasteiger partial charge on any atom is 0.0734 e. The second-order valence-electron chi connectivity index (χ2n) is 9.03. The van der Waals surface area contributed by atoms with Crippen LogP contribution in [-0.4, -0.2) is 9.97 Å². The Hall–Kier alpha value is -1.53. The van der Waals surface area contributed by atoms with E-state index in [1.165, 1.54) is 87.9 Å². The molecule has 3 heteroatoms. The molecule has 30 heavy (non-hydrogen) atoms. The van der Waals surface area contributed by atoms with E-state index < -0.39 is 7.92 Å². The largest absolute Gasteiger partial charge is 0.256 e. The zero-order valence-electron chi connectivity index (χ0n) is 18.6. The maximum atomic E-state index is 4.89. The van der Waals surface area contributed by atoms with Gasteiger partial charge in [0.25, 0.3) is 0 Å². The number of hydrogen-bond acceptors (Lipinski definition) is 2. The molecule has 2 saturated carbocycles. The minimum Gasteiger partial charge on any atom is -0.256 e. The molecule has 0 bridgehead atoms. The van der Waals surface area contributed by atoms with Gasteiger partial charge in [0.2, 0.25) is 0 Å². The number of hydrogen-bond donors (Lipinski definition) is 0. The van der Waals surface area contributed by atoms with Crippen LogP contribution in [0.5, 0.6) is 0 Å². The van der Waals surface area contributed by atoms with Crippen molar-refractivity contribution in [3.05, 3.63) is 59.7 Å². The average Bonchev–Trinajstić information content (AvgIpc) is 2.82. The summed E-state index contributed by atoms with van der Waals surface area (Å²) in [7, 11) is -0.652. The summed E-state index contributed by atoms with van der Waals surface area (Å²) in [5.74, 6) is 1.58. The van der Waals surface area contributed by atoms with Gasteiger partial charge in [0, 0.05) is 20.3 Å². The molecule has 2 aliphatic rings. The van der Waals surface area contributed by atoms with Crippen LogP contribution < -0.4 is 10.9 Å². The Morgan fingerprint density at radius 3 is 1.67 bits per heavy atom. The summed E-state index contributed by atoms with van der Waals surface area (Å²) in [6.07, 6.45) is 20.4. The van der Waals surface area contributed by atoms with Crippen LogP contribution in [-0.2, 0) is 0 Å². The van der Waals surface area contributed by atoms with Crippen LogP contribution in [0.1, 0.15) is 84.0 Å². The van der Waals surface area contributed by atoms with Crippen molar-refractivity contribution in [1.29, 1.82) is 0 Å². The van der Waals surface area contributed by atoms with Crippen molar-refractivity contribution in [1.82, 2.24) is 9.97 Å². The van der Waals surface area contributed by atoms with Gasteiger partial charge < -0.3 is 0 Å². The summed E-state index contributed by atoms with van der Waals surface area (Å²) in [4.78, 5) is 9.77. The summed E-state index contributed by atoms with van der Waals surface area (Å²) in [6.45, 7) is 2.35. The van der Waals surface area contributed by atoms with Crippen molar-refractivity contribution in [2.24, 2.45) is 11.8 Å². The molecular weight excluding hydrogens is 383 g/mol. The molecule has 0 spiro atoms. The van der Waals surface area contributed by atoms with E-state index in [1.807, 2.05) is 30.1 Å². The molecular formula is C27H37N2P. The fourth-order valence-corrected chi connectivity index (χ4v) is 8.31. The number of aromatic nitrogens is 2. The van der Waals surface area contributed by atoms with Gasteiger partial charge in [-0.15, -0.1) is 0 Å². The van der Waals surface area contributed by atoms with Gasteiger partial charge >= 0.3 is 0 Å². The number of nitrogens with zero attached hydrogens (tertiary/aromatic N) is 2. The Bertz CT molecular complexity index is 731. The molecule has 2 fully saturated rings. The normalized spacial score (nSPS) is 18.5. The fraction of sp³-hybridized carbons (Fsp3) is 0.556. The van der Waals surface area contributed by atoms with E-state index in [2.05, 4.69) is 31.2 Å². The SMILES string of the molecule is CCCC(=C(C1CCCCC1)C1CCCCC1)P(c1ccccn1)c1ccccn1. The Kier molecular flexibility index (Phi) is 8.09. The van der Waals surface area contributed by atoms with E-state index >= 15 is 0 Å². The van der Waals surface area contributed by atoms with Gasteiger partial charge in [0.15, 0.2) is 0 Å². The van der Waals surface area contributed by atoms with Gasteiger partial charge in [-0.2, -0.15) is 0 Å². The molecule has 160 valence electrons. The lowest BCUT2D eigenvalue weighted by Crippen LogP contribution is -2.24. The molecule has 0 radical (unpaired) electrons. The minimum atomic E-state index is -0.652. The molecule has 2 aromatic rings. The average molecular weight is 421 g/mol. The lowest BCUT2D eigenvalue weighted by atomic mass is 9.73. The third-order valence-electron chi connectivity index (χ3n) is 6.94. The number of allylic oxidation sites excluding steroid dienone is 2. The monoisotopic (exact) mass is 420 g/mol. The summed E-state index contributed by atoms with van der Waals surface area (Å²) < 4.78 is 0. The highest BCUT2D eigenvalue weighted by atomic mass is 31.1. The van der Waals surface area contributed by atoms with Crippen LogP contribution in [0, 0.1) is 11.8 Å². The molecule has 2 aromatic heterocycles. The molecule has 0 unspecified atom stereocenters. The third kappa shape index (κ3) is 5.20. The van der Waals surface area contributed by atoms with Crippen LogP contribution in [0.4, 0.5) is 0 Å². The van der Waals surface area contributed by atoms with Gasteiger partial charge in [0.1, 0.15) is 0 Å². The fourth-order valence-electron chi connectivity index (χ4n) is 5.62. The van der Waals surface area contributed by atoms with Crippen molar-refractivity contribution >= 4 is 18.8 Å². The second kappa shape index (κ2) is 11.2. The molecule has 0 aromatic carbocycles. The highest BCUT2D eigenvalue weighted by Crippen LogP contribution is 2.52. The van der Waals surface area contributed by atoms with E-state index in [0.29, 0.717) is 0 Å².